The highest BCUT2D eigenvalue weighted by molar-refractivity contribution is 5.85. The second-order valence-electron chi connectivity index (χ2n) is 4.14. The maximum absolute atomic E-state index is 13.7. The highest BCUT2D eigenvalue weighted by Crippen LogP contribution is 2.26. The lowest BCUT2D eigenvalue weighted by Gasteiger charge is -2.10. The van der Waals surface area contributed by atoms with Crippen molar-refractivity contribution < 1.29 is 4.39 Å². The summed E-state index contributed by atoms with van der Waals surface area (Å²) >= 11 is 0. The van der Waals surface area contributed by atoms with Crippen LogP contribution in [0.4, 0.5) is 4.39 Å². The van der Waals surface area contributed by atoms with E-state index in [1.54, 1.807) is 6.07 Å². The van der Waals surface area contributed by atoms with Crippen LogP contribution in [0.15, 0.2) is 24.3 Å². The van der Waals surface area contributed by atoms with Crippen molar-refractivity contribution >= 4 is 10.8 Å². The Morgan fingerprint density at radius 1 is 1.18 bits per heavy atom. The van der Waals surface area contributed by atoms with E-state index >= 15 is 0 Å². The minimum absolute atomic E-state index is 0.177. The van der Waals surface area contributed by atoms with Gasteiger partial charge in [-0.2, -0.15) is 0 Å². The zero-order valence-corrected chi connectivity index (χ0v) is 11.2. The van der Waals surface area contributed by atoms with Gasteiger partial charge < -0.3 is 0 Å². The Bertz CT molecular complexity index is 503. The molecule has 0 bridgehead atoms. The lowest BCUT2D eigenvalue weighted by atomic mass is 10.0. The van der Waals surface area contributed by atoms with Crippen LogP contribution in [-0.4, -0.2) is 4.98 Å². The lowest BCUT2D eigenvalue weighted by molar-refractivity contribution is 0.636. The summed E-state index contributed by atoms with van der Waals surface area (Å²) < 4.78 is 13.7. The first-order valence-electron chi connectivity index (χ1n) is 6.15. The van der Waals surface area contributed by atoms with Crippen molar-refractivity contribution in [2.24, 2.45) is 0 Å². The average Bonchev–Trinajstić information content (AvgIpc) is 2.30. The highest BCUT2D eigenvalue weighted by atomic mass is 19.1. The van der Waals surface area contributed by atoms with Crippen molar-refractivity contribution in [2.45, 2.75) is 40.5 Å². The zero-order chi connectivity index (χ0) is 13.0. The molecule has 1 aromatic heterocycles. The van der Waals surface area contributed by atoms with Gasteiger partial charge in [0.2, 0.25) is 0 Å². The molecule has 2 aromatic rings. The molecule has 0 radical (unpaired) electrons. The topological polar surface area (TPSA) is 12.9 Å². The predicted molar refractivity (Wildman–Crippen MR) is 71.9 cm³/mol. The second kappa shape index (κ2) is 5.76. The number of halogens is 1. The molecule has 0 aliphatic rings. The molecule has 1 nitrogen and oxygen atoms in total. The lowest BCUT2D eigenvalue weighted by Crippen LogP contribution is -1.98. The molecule has 0 aliphatic carbocycles. The van der Waals surface area contributed by atoms with Crippen LogP contribution in [0.2, 0.25) is 0 Å². The Morgan fingerprint density at radius 3 is 2.41 bits per heavy atom. The molecule has 1 aromatic carbocycles. The van der Waals surface area contributed by atoms with Gasteiger partial charge in [0, 0.05) is 11.1 Å². The van der Waals surface area contributed by atoms with Crippen LogP contribution >= 0.6 is 0 Å². The first kappa shape index (κ1) is 13.6. The SMILES string of the molecule is CC.Cc1cc2cccc(F)c2c(C(C)C)n1. The molecule has 0 fully saturated rings. The quantitative estimate of drug-likeness (QED) is 0.687. The standard InChI is InChI=1S/C13H14FN.C2H6/c1-8(2)13-12-10(7-9(3)15-13)5-4-6-11(12)14;1-2/h4-8H,1-3H3;1-2H3. The van der Waals surface area contributed by atoms with E-state index in [9.17, 15) is 4.39 Å². The van der Waals surface area contributed by atoms with E-state index in [4.69, 9.17) is 0 Å². The molecule has 0 aliphatic heterocycles. The third kappa shape index (κ3) is 2.82. The third-order valence-electron chi connectivity index (χ3n) is 2.51. The first-order valence-corrected chi connectivity index (χ1v) is 6.15. The van der Waals surface area contributed by atoms with Gasteiger partial charge in [-0.15, -0.1) is 0 Å². The van der Waals surface area contributed by atoms with Crippen molar-refractivity contribution in [1.29, 1.82) is 0 Å². The molecule has 2 rings (SSSR count). The van der Waals surface area contributed by atoms with Crippen LogP contribution in [0.25, 0.3) is 10.8 Å². The van der Waals surface area contributed by atoms with Crippen LogP contribution in [-0.2, 0) is 0 Å². The van der Waals surface area contributed by atoms with Crippen LogP contribution in [0.1, 0.15) is 45.0 Å². The van der Waals surface area contributed by atoms with Crippen LogP contribution < -0.4 is 0 Å². The van der Waals surface area contributed by atoms with Gasteiger partial charge in [0.05, 0.1) is 5.69 Å². The fourth-order valence-electron chi connectivity index (χ4n) is 1.85. The molecular formula is C15H20FN. The molecule has 0 amide bonds. The number of aryl methyl sites for hydroxylation is 1. The highest BCUT2D eigenvalue weighted by Gasteiger charge is 2.11. The van der Waals surface area contributed by atoms with E-state index in [1.807, 2.05) is 46.8 Å². The predicted octanol–water partition coefficient (Wildman–Crippen LogP) is 4.83. The molecule has 92 valence electrons. The van der Waals surface area contributed by atoms with Crippen molar-refractivity contribution in [1.82, 2.24) is 4.98 Å². The second-order valence-corrected chi connectivity index (χ2v) is 4.14. The summed E-state index contributed by atoms with van der Waals surface area (Å²) in [7, 11) is 0. The molecule has 0 unspecified atom stereocenters. The summed E-state index contributed by atoms with van der Waals surface area (Å²) in [6.45, 7) is 10.0. The molecule has 0 spiro atoms. The molecular weight excluding hydrogens is 213 g/mol. The van der Waals surface area contributed by atoms with E-state index in [0.29, 0.717) is 5.39 Å². The summed E-state index contributed by atoms with van der Waals surface area (Å²) in [5, 5.41) is 1.60. The number of pyridine rings is 1. The van der Waals surface area contributed by atoms with E-state index in [2.05, 4.69) is 4.98 Å². The fraction of sp³-hybridized carbons (Fsp3) is 0.400. The number of benzene rings is 1. The number of hydrogen-bond donors (Lipinski definition) is 0. The fourth-order valence-corrected chi connectivity index (χ4v) is 1.85. The van der Waals surface area contributed by atoms with Gasteiger partial charge in [-0.1, -0.05) is 39.8 Å². The Labute approximate surface area is 103 Å². The van der Waals surface area contributed by atoms with Gasteiger partial charge in [0.15, 0.2) is 0 Å². The van der Waals surface area contributed by atoms with Gasteiger partial charge in [-0.05, 0) is 30.4 Å². The summed E-state index contributed by atoms with van der Waals surface area (Å²) in [5.41, 5.74) is 1.79. The van der Waals surface area contributed by atoms with E-state index in [1.165, 1.54) is 6.07 Å². The van der Waals surface area contributed by atoms with Crippen LogP contribution in [0.3, 0.4) is 0 Å². The van der Waals surface area contributed by atoms with Gasteiger partial charge in [-0.3, -0.25) is 4.98 Å². The Balaban J connectivity index is 0.000000686. The molecule has 0 N–H and O–H groups in total. The zero-order valence-electron chi connectivity index (χ0n) is 11.2. The van der Waals surface area contributed by atoms with Crippen LogP contribution in [0.5, 0.6) is 0 Å². The van der Waals surface area contributed by atoms with Gasteiger partial charge in [0.25, 0.3) is 0 Å². The Hall–Kier alpha value is -1.44. The van der Waals surface area contributed by atoms with Crippen LogP contribution in [0, 0.1) is 12.7 Å². The van der Waals surface area contributed by atoms with Crippen molar-refractivity contribution in [3.05, 3.63) is 41.5 Å². The summed E-state index contributed by atoms with van der Waals surface area (Å²) in [5.74, 6) is 0.0630. The van der Waals surface area contributed by atoms with E-state index in [0.717, 1.165) is 16.8 Å². The maximum atomic E-state index is 13.7. The molecule has 1 heterocycles. The van der Waals surface area contributed by atoms with Gasteiger partial charge in [0.1, 0.15) is 5.82 Å². The van der Waals surface area contributed by atoms with Crippen molar-refractivity contribution in [3.63, 3.8) is 0 Å². The smallest absolute Gasteiger partial charge is 0.132 e. The number of aromatic nitrogens is 1. The number of fused-ring (bicyclic) bond motifs is 1. The van der Waals surface area contributed by atoms with Gasteiger partial charge >= 0.3 is 0 Å². The summed E-state index contributed by atoms with van der Waals surface area (Å²) in [4.78, 5) is 4.42. The molecule has 2 heteroatoms. The molecule has 17 heavy (non-hydrogen) atoms. The molecule has 0 atom stereocenters. The number of nitrogens with zero attached hydrogens (tertiary/aromatic N) is 1. The third-order valence-corrected chi connectivity index (χ3v) is 2.51. The minimum atomic E-state index is -0.177. The number of rotatable bonds is 1. The maximum Gasteiger partial charge on any atom is 0.132 e. The summed E-state index contributed by atoms with van der Waals surface area (Å²) in [6, 6.07) is 7.08. The molecule has 0 saturated carbocycles. The summed E-state index contributed by atoms with van der Waals surface area (Å²) in [6.07, 6.45) is 0. The first-order chi connectivity index (χ1) is 8.09. The van der Waals surface area contributed by atoms with Crippen molar-refractivity contribution in [2.75, 3.05) is 0 Å². The average molecular weight is 233 g/mol. The Morgan fingerprint density at radius 2 is 1.82 bits per heavy atom. The molecule has 0 saturated heterocycles. The minimum Gasteiger partial charge on any atom is -0.257 e. The van der Waals surface area contributed by atoms with E-state index < -0.39 is 0 Å². The Kier molecular flexibility index (Phi) is 4.62. The van der Waals surface area contributed by atoms with Crippen molar-refractivity contribution in [3.8, 4) is 0 Å². The monoisotopic (exact) mass is 233 g/mol. The van der Waals surface area contributed by atoms with E-state index in [-0.39, 0.29) is 11.7 Å². The van der Waals surface area contributed by atoms with Gasteiger partial charge in [-0.25, -0.2) is 4.39 Å². The largest absolute Gasteiger partial charge is 0.257 e. The normalized spacial score (nSPS) is 10.3. The number of hydrogen-bond acceptors (Lipinski definition) is 1.